The molecule has 0 radical (unpaired) electrons. The first-order valence-corrected chi connectivity index (χ1v) is 14.4. The van der Waals surface area contributed by atoms with E-state index in [1.54, 1.807) is 38.0 Å². The Labute approximate surface area is 249 Å². The quantitative estimate of drug-likeness (QED) is 0.250. The molecule has 0 saturated heterocycles. The number of carbonyl (C=O) groups excluding carboxylic acids is 2. The van der Waals surface area contributed by atoms with Gasteiger partial charge in [0, 0.05) is 23.5 Å². The first kappa shape index (κ1) is 28.4. The van der Waals surface area contributed by atoms with Gasteiger partial charge in [0.2, 0.25) is 0 Å². The summed E-state index contributed by atoms with van der Waals surface area (Å²) in [7, 11) is 4.94. The number of para-hydroxylation sites is 1. The van der Waals surface area contributed by atoms with E-state index in [9.17, 15) is 9.59 Å². The molecule has 3 heterocycles. The minimum absolute atomic E-state index is 0.0740. The lowest BCUT2D eigenvalue weighted by Crippen LogP contribution is -2.29. The van der Waals surface area contributed by atoms with Gasteiger partial charge in [0.15, 0.2) is 28.2 Å². The number of ether oxygens (including phenoxy) is 2. The summed E-state index contributed by atoms with van der Waals surface area (Å²) in [6.07, 6.45) is 1.94. The Balaban J connectivity index is 1.33. The highest BCUT2D eigenvalue weighted by molar-refractivity contribution is 9.10. The van der Waals surface area contributed by atoms with Crippen molar-refractivity contribution in [3.63, 3.8) is 0 Å². The summed E-state index contributed by atoms with van der Waals surface area (Å²) in [5, 5.41) is 17.9. The third kappa shape index (κ3) is 6.15. The molecule has 0 spiro atoms. The number of methoxy groups -OCH3 is 2. The maximum absolute atomic E-state index is 13.6. The maximum atomic E-state index is 13.6. The highest BCUT2D eigenvalue weighted by Gasteiger charge is 2.35. The topological polar surface area (TPSA) is 124 Å². The standard InChI is InChI=1S/C28H27BrN6O5S/c1-34-24(15-30-27(37)23-8-5-13-40-23)31-32-28(34)41-16-25(36)35-21(19-6-4-7-22(38-2)26(19)39-3)14-20(33-35)17-9-11-18(29)12-10-17/h4-13,21H,14-16H2,1-3H3,(H,30,37). The third-order valence-electron chi connectivity index (χ3n) is 6.54. The van der Waals surface area contributed by atoms with E-state index in [1.807, 2.05) is 42.5 Å². The van der Waals surface area contributed by atoms with Gasteiger partial charge in [0.1, 0.15) is 0 Å². The Morgan fingerprint density at radius 2 is 1.90 bits per heavy atom. The number of hydrazone groups is 1. The van der Waals surface area contributed by atoms with Gasteiger partial charge in [-0.25, -0.2) is 5.01 Å². The molecule has 0 saturated carbocycles. The van der Waals surface area contributed by atoms with Crippen molar-refractivity contribution in [3.05, 3.63) is 88.0 Å². The van der Waals surface area contributed by atoms with Crippen molar-refractivity contribution < 1.29 is 23.5 Å². The number of hydrogen-bond donors (Lipinski definition) is 1. The van der Waals surface area contributed by atoms with Crippen molar-refractivity contribution in [3.8, 4) is 11.5 Å². The molecule has 1 N–H and O–H groups in total. The number of amides is 2. The second-order valence-electron chi connectivity index (χ2n) is 9.00. The number of benzene rings is 2. The van der Waals surface area contributed by atoms with Crippen molar-refractivity contribution in [1.29, 1.82) is 0 Å². The first-order valence-electron chi connectivity index (χ1n) is 12.6. The average Bonchev–Trinajstić information content (AvgIpc) is 3.75. The highest BCUT2D eigenvalue weighted by atomic mass is 79.9. The van der Waals surface area contributed by atoms with Crippen LogP contribution in [0.25, 0.3) is 0 Å². The van der Waals surface area contributed by atoms with E-state index in [-0.39, 0.29) is 29.9 Å². The lowest BCUT2D eigenvalue weighted by atomic mass is 9.97. The molecule has 1 aliphatic rings. The molecule has 0 fully saturated rings. The van der Waals surface area contributed by atoms with Crippen molar-refractivity contribution in [1.82, 2.24) is 25.1 Å². The van der Waals surface area contributed by atoms with Crippen LogP contribution in [0.2, 0.25) is 0 Å². The van der Waals surface area contributed by atoms with Gasteiger partial charge >= 0.3 is 0 Å². The molecule has 1 aliphatic heterocycles. The molecule has 2 aromatic heterocycles. The van der Waals surface area contributed by atoms with Crippen LogP contribution in [-0.2, 0) is 18.4 Å². The number of rotatable bonds is 10. The van der Waals surface area contributed by atoms with Gasteiger partial charge < -0.3 is 23.8 Å². The maximum Gasteiger partial charge on any atom is 0.287 e. The molecule has 1 atom stereocenters. The van der Waals surface area contributed by atoms with E-state index >= 15 is 0 Å². The van der Waals surface area contributed by atoms with Gasteiger partial charge in [-0.3, -0.25) is 9.59 Å². The molecule has 11 nitrogen and oxygen atoms in total. The Morgan fingerprint density at radius 3 is 2.61 bits per heavy atom. The summed E-state index contributed by atoms with van der Waals surface area (Å²) in [4.78, 5) is 25.8. The summed E-state index contributed by atoms with van der Waals surface area (Å²) in [6, 6.07) is 16.3. The van der Waals surface area contributed by atoms with Crippen LogP contribution in [0.4, 0.5) is 0 Å². The van der Waals surface area contributed by atoms with Gasteiger partial charge in [-0.1, -0.05) is 52.0 Å². The molecule has 0 aliphatic carbocycles. The second-order valence-corrected chi connectivity index (χ2v) is 10.9. The van der Waals surface area contributed by atoms with Gasteiger partial charge in [-0.05, 0) is 35.9 Å². The lowest BCUT2D eigenvalue weighted by molar-refractivity contribution is -0.130. The number of carbonyl (C=O) groups is 2. The molecular formula is C28H27BrN6O5S. The van der Waals surface area contributed by atoms with Crippen molar-refractivity contribution >= 4 is 45.2 Å². The fourth-order valence-corrected chi connectivity index (χ4v) is 5.49. The number of halogens is 1. The van der Waals surface area contributed by atoms with Crippen LogP contribution >= 0.6 is 27.7 Å². The van der Waals surface area contributed by atoms with Gasteiger partial charge in [0.05, 0.1) is 44.5 Å². The summed E-state index contributed by atoms with van der Waals surface area (Å²) < 4.78 is 19.0. The second kappa shape index (κ2) is 12.6. The molecule has 5 rings (SSSR count). The van der Waals surface area contributed by atoms with E-state index in [0.29, 0.717) is 28.9 Å². The smallest absolute Gasteiger partial charge is 0.287 e. The molecular weight excluding hydrogens is 612 g/mol. The van der Waals surface area contributed by atoms with Crippen molar-refractivity contribution in [2.75, 3.05) is 20.0 Å². The van der Waals surface area contributed by atoms with E-state index in [1.165, 1.54) is 23.0 Å². The summed E-state index contributed by atoms with van der Waals surface area (Å²) in [6.45, 7) is 0.155. The number of hydrogen-bond acceptors (Lipinski definition) is 9. The Morgan fingerprint density at radius 1 is 1.10 bits per heavy atom. The zero-order valence-electron chi connectivity index (χ0n) is 22.5. The normalized spacial score (nSPS) is 14.6. The molecule has 2 aromatic carbocycles. The number of furan rings is 1. The largest absolute Gasteiger partial charge is 0.493 e. The SMILES string of the molecule is COc1cccc(C2CC(c3ccc(Br)cc3)=NN2C(=O)CSc2nnc(CNC(=O)c3ccco3)n2C)c1OC. The predicted octanol–water partition coefficient (Wildman–Crippen LogP) is 4.59. The average molecular weight is 640 g/mol. The number of nitrogens with one attached hydrogen (secondary N) is 1. The van der Waals surface area contributed by atoms with Crippen LogP contribution in [0.1, 0.15) is 40.0 Å². The van der Waals surface area contributed by atoms with Crippen LogP contribution in [0.3, 0.4) is 0 Å². The Hall–Kier alpha value is -4.10. The fourth-order valence-electron chi connectivity index (χ4n) is 4.45. The minimum Gasteiger partial charge on any atom is -0.493 e. The lowest BCUT2D eigenvalue weighted by Gasteiger charge is -2.24. The number of aromatic nitrogens is 3. The summed E-state index contributed by atoms with van der Waals surface area (Å²) >= 11 is 4.72. The van der Waals surface area contributed by atoms with Gasteiger partial charge in [-0.2, -0.15) is 5.10 Å². The van der Waals surface area contributed by atoms with E-state index in [4.69, 9.17) is 19.0 Å². The number of thioether (sulfide) groups is 1. The Bertz CT molecular complexity index is 1570. The van der Waals surface area contributed by atoms with Gasteiger partial charge in [0.25, 0.3) is 11.8 Å². The fraction of sp³-hybridized carbons (Fsp3) is 0.250. The molecule has 4 aromatic rings. The molecule has 41 heavy (non-hydrogen) atoms. The van der Waals surface area contributed by atoms with E-state index < -0.39 is 6.04 Å². The van der Waals surface area contributed by atoms with Crippen molar-refractivity contribution in [2.45, 2.75) is 24.2 Å². The molecule has 1 unspecified atom stereocenters. The van der Waals surface area contributed by atoms with Crippen LogP contribution in [0, 0.1) is 0 Å². The van der Waals surface area contributed by atoms with Crippen LogP contribution < -0.4 is 14.8 Å². The minimum atomic E-state index is -0.390. The highest BCUT2D eigenvalue weighted by Crippen LogP contribution is 2.42. The molecule has 0 bridgehead atoms. The zero-order chi connectivity index (χ0) is 28.9. The first-order chi connectivity index (χ1) is 19.9. The van der Waals surface area contributed by atoms with Gasteiger partial charge in [-0.15, -0.1) is 10.2 Å². The molecule has 212 valence electrons. The molecule has 2 amide bonds. The molecule has 13 heteroatoms. The monoisotopic (exact) mass is 638 g/mol. The zero-order valence-corrected chi connectivity index (χ0v) is 24.9. The van der Waals surface area contributed by atoms with E-state index in [2.05, 4.69) is 31.4 Å². The Kier molecular flexibility index (Phi) is 8.74. The van der Waals surface area contributed by atoms with Crippen LogP contribution in [0.15, 0.2) is 80.0 Å². The van der Waals surface area contributed by atoms with Crippen molar-refractivity contribution in [2.24, 2.45) is 12.1 Å². The predicted molar refractivity (Wildman–Crippen MR) is 156 cm³/mol. The summed E-state index contributed by atoms with van der Waals surface area (Å²) in [5.74, 6) is 1.41. The summed E-state index contributed by atoms with van der Waals surface area (Å²) in [5.41, 5.74) is 2.52. The van der Waals surface area contributed by atoms with Crippen LogP contribution in [-0.4, -0.2) is 57.3 Å². The number of nitrogens with zero attached hydrogens (tertiary/aromatic N) is 5. The van der Waals surface area contributed by atoms with Crippen LogP contribution in [0.5, 0.6) is 11.5 Å². The third-order valence-corrected chi connectivity index (χ3v) is 8.07. The van der Waals surface area contributed by atoms with E-state index in [0.717, 1.165) is 21.3 Å².